The molecule has 4 nitrogen and oxygen atoms in total. The highest BCUT2D eigenvalue weighted by Crippen LogP contribution is 2.10. The van der Waals surface area contributed by atoms with Gasteiger partial charge in [0.1, 0.15) is 6.61 Å². The van der Waals surface area contributed by atoms with E-state index < -0.39 is 0 Å². The average molecular weight is 259 g/mol. The standard InChI is InChI=1S/C14H29NO3/c1-4-7-8-13(5-2)11-15-9-10-17-12-14(16)18-6-3/h13,15H,4-12H2,1-3H3. The molecular formula is C14H29NO3. The van der Waals surface area contributed by atoms with E-state index in [9.17, 15) is 4.79 Å². The third-order valence-corrected chi connectivity index (χ3v) is 2.92. The number of carbonyl (C=O) groups is 1. The maximum Gasteiger partial charge on any atom is 0.332 e. The van der Waals surface area contributed by atoms with Crippen molar-refractivity contribution in [1.82, 2.24) is 5.32 Å². The minimum atomic E-state index is -0.285. The predicted molar refractivity (Wildman–Crippen MR) is 73.6 cm³/mol. The van der Waals surface area contributed by atoms with Crippen LogP contribution in [0.2, 0.25) is 0 Å². The molecule has 0 heterocycles. The lowest BCUT2D eigenvalue weighted by Crippen LogP contribution is -2.27. The van der Waals surface area contributed by atoms with Gasteiger partial charge in [-0.2, -0.15) is 0 Å². The van der Waals surface area contributed by atoms with Crippen molar-refractivity contribution < 1.29 is 14.3 Å². The van der Waals surface area contributed by atoms with Crippen LogP contribution in [0.15, 0.2) is 0 Å². The van der Waals surface area contributed by atoms with E-state index in [0.29, 0.717) is 13.2 Å². The van der Waals surface area contributed by atoms with Crippen LogP contribution in [0, 0.1) is 5.92 Å². The number of carbonyl (C=O) groups excluding carboxylic acids is 1. The lowest BCUT2D eigenvalue weighted by Gasteiger charge is -2.15. The summed E-state index contributed by atoms with van der Waals surface area (Å²) in [4.78, 5) is 11.0. The Bertz CT molecular complexity index is 197. The van der Waals surface area contributed by atoms with Gasteiger partial charge in [-0.3, -0.25) is 0 Å². The van der Waals surface area contributed by atoms with E-state index in [1.165, 1.54) is 25.7 Å². The Hall–Kier alpha value is -0.610. The second-order valence-electron chi connectivity index (χ2n) is 4.48. The van der Waals surface area contributed by atoms with Gasteiger partial charge in [0, 0.05) is 6.54 Å². The van der Waals surface area contributed by atoms with Crippen LogP contribution in [0.25, 0.3) is 0 Å². The van der Waals surface area contributed by atoms with Crippen molar-refractivity contribution in [2.45, 2.75) is 46.5 Å². The summed E-state index contributed by atoms with van der Waals surface area (Å²) in [6, 6.07) is 0. The van der Waals surface area contributed by atoms with Gasteiger partial charge in [-0.1, -0.05) is 33.1 Å². The van der Waals surface area contributed by atoms with E-state index in [1.807, 2.05) is 0 Å². The van der Waals surface area contributed by atoms with Gasteiger partial charge < -0.3 is 14.8 Å². The summed E-state index contributed by atoms with van der Waals surface area (Å²) >= 11 is 0. The number of hydrogen-bond acceptors (Lipinski definition) is 4. The fourth-order valence-electron chi connectivity index (χ4n) is 1.75. The first-order valence-corrected chi connectivity index (χ1v) is 7.18. The first-order valence-electron chi connectivity index (χ1n) is 7.18. The van der Waals surface area contributed by atoms with Crippen LogP contribution in [0.4, 0.5) is 0 Å². The Balaban J connectivity index is 3.35. The van der Waals surface area contributed by atoms with Gasteiger partial charge in [-0.25, -0.2) is 4.79 Å². The number of hydrogen-bond donors (Lipinski definition) is 1. The first kappa shape index (κ1) is 17.4. The Morgan fingerprint density at radius 3 is 2.67 bits per heavy atom. The van der Waals surface area contributed by atoms with Crippen molar-refractivity contribution in [3.05, 3.63) is 0 Å². The summed E-state index contributed by atoms with van der Waals surface area (Å²) in [5, 5.41) is 3.37. The topological polar surface area (TPSA) is 47.6 Å². The highest BCUT2D eigenvalue weighted by Gasteiger charge is 2.05. The van der Waals surface area contributed by atoms with E-state index in [0.717, 1.165) is 19.0 Å². The predicted octanol–water partition coefficient (Wildman–Crippen LogP) is 2.37. The van der Waals surface area contributed by atoms with E-state index in [1.54, 1.807) is 6.92 Å². The molecule has 0 aliphatic heterocycles. The molecule has 1 unspecified atom stereocenters. The minimum Gasteiger partial charge on any atom is -0.464 e. The van der Waals surface area contributed by atoms with Crippen LogP contribution in [-0.2, 0) is 14.3 Å². The molecule has 0 bridgehead atoms. The molecule has 0 aromatic carbocycles. The van der Waals surface area contributed by atoms with Gasteiger partial charge in [0.15, 0.2) is 0 Å². The third-order valence-electron chi connectivity index (χ3n) is 2.92. The van der Waals surface area contributed by atoms with Crippen molar-refractivity contribution in [3.63, 3.8) is 0 Å². The summed E-state index contributed by atoms with van der Waals surface area (Å²) in [5.74, 6) is 0.474. The monoisotopic (exact) mass is 259 g/mol. The molecular weight excluding hydrogens is 230 g/mol. The molecule has 0 spiro atoms. The summed E-state index contributed by atoms with van der Waals surface area (Å²) in [5.41, 5.74) is 0. The quantitative estimate of drug-likeness (QED) is 0.432. The van der Waals surface area contributed by atoms with Crippen molar-refractivity contribution in [1.29, 1.82) is 0 Å². The zero-order valence-corrected chi connectivity index (χ0v) is 12.2. The van der Waals surface area contributed by atoms with Crippen LogP contribution < -0.4 is 5.32 Å². The molecule has 0 aliphatic rings. The Morgan fingerprint density at radius 1 is 1.28 bits per heavy atom. The Morgan fingerprint density at radius 2 is 2.06 bits per heavy atom. The van der Waals surface area contributed by atoms with Crippen LogP contribution in [0.3, 0.4) is 0 Å². The van der Waals surface area contributed by atoms with Crippen LogP contribution in [0.1, 0.15) is 46.5 Å². The Labute approximate surface area is 111 Å². The fraction of sp³-hybridized carbons (Fsp3) is 0.929. The SMILES string of the molecule is CCCCC(CC)CNCCOCC(=O)OCC. The van der Waals surface area contributed by atoms with Gasteiger partial charge in [0.05, 0.1) is 13.2 Å². The number of unbranched alkanes of at least 4 members (excludes halogenated alkanes) is 1. The lowest BCUT2D eigenvalue weighted by molar-refractivity contribution is -0.148. The summed E-state index contributed by atoms with van der Waals surface area (Å²) in [6.45, 7) is 9.12. The molecule has 0 saturated heterocycles. The van der Waals surface area contributed by atoms with E-state index in [4.69, 9.17) is 9.47 Å². The zero-order valence-electron chi connectivity index (χ0n) is 12.2. The molecule has 0 aliphatic carbocycles. The number of rotatable bonds is 12. The largest absolute Gasteiger partial charge is 0.464 e. The molecule has 0 aromatic heterocycles. The molecule has 0 radical (unpaired) electrons. The second kappa shape index (κ2) is 12.8. The number of esters is 1. The third kappa shape index (κ3) is 10.5. The van der Waals surface area contributed by atoms with Crippen molar-refractivity contribution in [2.24, 2.45) is 5.92 Å². The highest BCUT2D eigenvalue weighted by molar-refractivity contribution is 5.70. The van der Waals surface area contributed by atoms with Gasteiger partial charge in [0.2, 0.25) is 0 Å². The van der Waals surface area contributed by atoms with Crippen LogP contribution in [-0.4, -0.2) is 38.9 Å². The molecule has 0 saturated carbocycles. The van der Waals surface area contributed by atoms with Gasteiger partial charge in [-0.15, -0.1) is 0 Å². The van der Waals surface area contributed by atoms with Crippen molar-refractivity contribution in [3.8, 4) is 0 Å². The molecule has 1 atom stereocenters. The van der Waals surface area contributed by atoms with Gasteiger partial charge in [-0.05, 0) is 25.8 Å². The molecule has 0 fully saturated rings. The smallest absolute Gasteiger partial charge is 0.332 e. The lowest BCUT2D eigenvalue weighted by atomic mass is 9.99. The van der Waals surface area contributed by atoms with E-state index >= 15 is 0 Å². The average Bonchev–Trinajstić information content (AvgIpc) is 2.37. The molecule has 18 heavy (non-hydrogen) atoms. The highest BCUT2D eigenvalue weighted by atomic mass is 16.6. The van der Waals surface area contributed by atoms with E-state index in [2.05, 4.69) is 19.2 Å². The summed E-state index contributed by atoms with van der Waals surface area (Å²) in [6.07, 6.45) is 5.08. The zero-order chi connectivity index (χ0) is 13.6. The number of nitrogens with one attached hydrogen (secondary N) is 1. The fourth-order valence-corrected chi connectivity index (χ4v) is 1.75. The molecule has 4 heteroatoms. The van der Waals surface area contributed by atoms with Crippen molar-refractivity contribution >= 4 is 5.97 Å². The van der Waals surface area contributed by atoms with Crippen LogP contribution >= 0.6 is 0 Å². The normalized spacial score (nSPS) is 12.4. The Kier molecular flexibility index (Phi) is 12.4. The summed E-state index contributed by atoms with van der Waals surface area (Å²) < 4.78 is 9.97. The van der Waals surface area contributed by atoms with Gasteiger partial charge >= 0.3 is 5.97 Å². The van der Waals surface area contributed by atoms with Crippen molar-refractivity contribution in [2.75, 3.05) is 32.9 Å². The summed E-state index contributed by atoms with van der Waals surface area (Å²) in [7, 11) is 0. The maximum atomic E-state index is 11.0. The van der Waals surface area contributed by atoms with Crippen LogP contribution in [0.5, 0.6) is 0 Å². The molecule has 0 rings (SSSR count). The number of ether oxygens (including phenoxy) is 2. The molecule has 108 valence electrons. The molecule has 0 amide bonds. The van der Waals surface area contributed by atoms with Gasteiger partial charge in [0.25, 0.3) is 0 Å². The maximum absolute atomic E-state index is 11.0. The second-order valence-corrected chi connectivity index (χ2v) is 4.48. The minimum absolute atomic E-state index is 0.0581. The first-order chi connectivity index (χ1) is 8.74. The van der Waals surface area contributed by atoms with E-state index in [-0.39, 0.29) is 12.6 Å². The molecule has 0 aromatic rings. The molecule has 1 N–H and O–H groups in total.